The number of rotatable bonds is 9. The summed E-state index contributed by atoms with van der Waals surface area (Å²) < 4.78 is 21.1. The Morgan fingerprint density at radius 3 is 2.35 bits per heavy atom. The Morgan fingerprint density at radius 1 is 1.14 bits per heavy atom. The predicted molar refractivity (Wildman–Crippen MR) is 157 cm³/mol. The van der Waals surface area contributed by atoms with Crippen molar-refractivity contribution in [2.45, 2.75) is 78.7 Å². The van der Waals surface area contributed by atoms with Gasteiger partial charge in [-0.15, -0.1) is 0 Å². The minimum atomic E-state index is -3.19. The fourth-order valence-electron chi connectivity index (χ4n) is 4.83. The van der Waals surface area contributed by atoms with E-state index in [1.54, 1.807) is 0 Å². The standard InChI is InChI=1S/C26H36ClN5.CH3ClO2S/c1-5-8-15-32-25-20(19(6-2)7-3)11-12-21(27)24(25)30-26(32)29-22-17-28-23(16-18(22)4)31-13-9-10-14-31;1-5(2,3)4/h11-12,16-17,19H,5-10,13-15H2,1-4H3,(H,29,30);1H3. The van der Waals surface area contributed by atoms with Crippen LogP contribution in [0.4, 0.5) is 17.5 Å². The third-order valence-electron chi connectivity index (χ3n) is 6.81. The van der Waals surface area contributed by atoms with E-state index in [1.807, 2.05) is 12.3 Å². The minimum Gasteiger partial charge on any atom is -0.357 e. The molecular weight excluding hydrogens is 529 g/mol. The fourth-order valence-corrected chi connectivity index (χ4v) is 5.03. The minimum absolute atomic E-state index is 0.503. The number of hydrogen-bond acceptors (Lipinski definition) is 6. The number of nitrogens with one attached hydrogen (secondary N) is 1. The molecule has 0 aliphatic carbocycles. The molecule has 2 aromatic heterocycles. The average Bonchev–Trinajstić information content (AvgIpc) is 3.49. The molecule has 0 radical (unpaired) electrons. The zero-order valence-corrected chi connectivity index (χ0v) is 24.8. The Labute approximate surface area is 231 Å². The molecule has 0 spiro atoms. The van der Waals surface area contributed by atoms with Crippen LogP contribution in [0.15, 0.2) is 24.4 Å². The van der Waals surface area contributed by atoms with Gasteiger partial charge in [0.1, 0.15) is 11.3 Å². The number of hydrogen-bond donors (Lipinski definition) is 1. The number of aryl methyl sites for hydroxylation is 2. The van der Waals surface area contributed by atoms with Crippen molar-refractivity contribution in [3.8, 4) is 0 Å². The molecule has 37 heavy (non-hydrogen) atoms. The van der Waals surface area contributed by atoms with E-state index in [4.69, 9.17) is 21.6 Å². The number of pyridine rings is 1. The zero-order chi connectivity index (χ0) is 27.2. The molecule has 1 N–H and O–H groups in total. The lowest BCUT2D eigenvalue weighted by atomic mass is 9.93. The third-order valence-corrected chi connectivity index (χ3v) is 7.12. The van der Waals surface area contributed by atoms with Gasteiger partial charge in [0.05, 0.1) is 28.7 Å². The highest BCUT2D eigenvalue weighted by Gasteiger charge is 2.21. The van der Waals surface area contributed by atoms with Gasteiger partial charge in [-0.05, 0) is 68.2 Å². The van der Waals surface area contributed by atoms with E-state index < -0.39 is 9.05 Å². The molecule has 0 bridgehead atoms. The number of imidazole rings is 1. The van der Waals surface area contributed by atoms with Crippen LogP contribution < -0.4 is 10.2 Å². The number of fused-ring (bicyclic) bond motifs is 1. The van der Waals surface area contributed by atoms with Gasteiger partial charge in [0.2, 0.25) is 15.0 Å². The van der Waals surface area contributed by atoms with E-state index >= 15 is 0 Å². The van der Waals surface area contributed by atoms with Crippen molar-refractivity contribution < 1.29 is 8.42 Å². The summed E-state index contributed by atoms with van der Waals surface area (Å²) in [6.45, 7) is 12.0. The maximum atomic E-state index is 9.40. The van der Waals surface area contributed by atoms with Crippen molar-refractivity contribution in [3.63, 3.8) is 0 Å². The zero-order valence-electron chi connectivity index (χ0n) is 22.5. The van der Waals surface area contributed by atoms with Crippen LogP contribution in [-0.2, 0) is 15.6 Å². The predicted octanol–water partition coefficient (Wildman–Crippen LogP) is 7.63. The Kier molecular flexibility index (Phi) is 10.5. The molecule has 0 atom stereocenters. The molecule has 0 saturated carbocycles. The first-order chi connectivity index (χ1) is 17.6. The molecule has 0 unspecified atom stereocenters. The van der Waals surface area contributed by atoms with E-state index in [9.17, 15) is 8.42 Å². The fraction of sp³-hybridized carbons (Fsp3) is 0.556. The monoisotopic (exact) mass is 567 g/mol. The molecule has 1 saturated heterocycles. The first-order valence-electron chi connectivity index (χ1n) is 13.1. The number of halogens is 2. The van der Waals surface area contributed by atoms with Gasteiger partial charge in [-0.25, -0.2) is 18.4 Å². The molecule has 3 aromatic rings. The maximum absolute atomic E-state index is 9.40. The number of nitrogens with zero attached hydrogens (tertiary/aromatic N) is 4. The van der Waals surface area contributed by atoms with Crippen LogP contribution in [0.5, 0.6) is 0 Å². The first kappa shape index (κ1) is 29.5. The van der Waals surface area contributed by atoms with Crippen molar-refractivity contribution >= 4 is 59.8 Å². The molecule has 1 aromatic carbocycles. The third kappa shape index (κ3) is 7.74. The van der Waals surface area contributed by atoms with E-state index in [2.05, 4.69) is 65.3 Å². The van der Waals surface area contributed by atoms with Gasteiger partial charge in [-0.1, -0.05) is 44.9 Å². The summed E-state index contributed by atoms with van der Waals surface area (Å²) >= 11 is 6.65. The molecular formula is C27H39Cl2N5O2S. The van der Waals surface area contributed by atoms with Crippen LogP contribution in [0.1, 0.15) is 76.3 Å². The molecule has 3 heterocycles. The van der Waals surface area contributed by atoms with Gasteiger partial charge >= 0.3 is 0 Å². The van der Waals surface area contributed by atoms with Crippen LogP contribution in [0.2, 0.25) is 5.02 Å². The number of benzene rings is 1. The highest BCUT2D eigenvalue weighted by atomic mass is 35.7. The lowest BCUT2D eigenvalue weighted by Gasteiger charge is -2.19. The summed E-state index contributed by atoms with van der Waals surface area (Å²) in [4.78, 5) is 12.1. The van der Waals surface area contributed by atoms with Crippen LogP contribution in [-0.4, -0.2) is 42.3 Å². The summed E-state index contributed by atoms with van der Waals surface area (Å²) in [5, 5.41) is 4.31. The molecule has 7 nitrogen and oxygen atoms in total. The highest BCUT2D eigenvalue weighted by Crippen LogP contribution is 2.37. The first-order valence-corrected chi connectivity index (χ1v) is 16.2. The lowest BCUT2D eigenvalue weighted by molar-refractivity contribution is 0.615. The van der Waals surface area contributed by atoms with Gasteiger partial charge in [-0.3, -0.25) is 0 Å². The second-order valence-corrected chi connectivity index (χ2v) is 13.1. The molecule has 1 fully saturated rings. The molecule has 204 valence electrons. The summed E-state index contributed by atoms with van der Waals surface area (Å²) in [6.07, 6.45) is 9.82. The Morgan fingerprint density at radius 2 is 1.78 bits per heavy atom. The average molecular weight is 569 g/mol. The number of aromatic nitrogens is 3. The van der Waals surface area contributed by atoms with Crippen LogP contribution in [0, 0.1) is 6.92 Å². The summed E-state index contributed by atoms with van der Waals surface area (Å²) in [7, 11) is 1.31. The van der Waals surface area contributed by atoms with Gasteiger partial charge < -0.3 is 14.8 Å². The quantitative estimate of drug-likeness (QED) is 0.268. The van der Waals surface area contributed by atoms with Crippen molar-refractivity contribution in [1.29, 1.82) is 0 Å². The largest absolute Gasteiger partial charge is 0.357 e. The normalized spacial score (nSPS) is 13.8. The van der Waals surface area contributed by atoms with E-state index in [1.165, 1.54) is 29.5 Å². The molecule has 1 aliphatic rings. The van der Waals surface area contributed by atoms with Crippen molar-refractivity contribution in [2.75, 3.05) is 29.6 Å². The topological polar surface area (TPSA) is 80.1 Å². The Bertz CT molecular complexity index is 1290. The Hall–Kier alpha value is -2.03. The Balaban J connectivity index is 0.000000695. The van der Waals surface area contributed by atoms with Crippen LogP contribution in [0.3, 0.4) is 0 Å². The molecule has 10 heteroatoms. The number of unbranched alkanes of at least 4 members (excludes halogenated alkanes) is 1. The molecule has 4 rings (SSSR count). The second kappa shape index (κ2) is 13.2. The van der Waals surface area contributed by atoms with E-state index in [-0.39, 0.29) is 0 Å². The summed E-state index contributed by atoms with van der Waals surface area (Å²) in [5.74, 6) is 2.43. The van der Waals surface area contributed by atoms with Crippen molar-refractivity contribution in [3.05, 3.63) is 40.5 Å². The summed E-state index contributed by atoms with van der Waals surface area (Å²) in [5.41, 5.74) is 5.62. The number of anilines is 3. The van der Waals surface area contributed by atoms with Crippen LogP contribution in [0.25, 0.3) is 11.0 Å². The van der Waals surface area contributed by atoms with E-state index in [0.29, 0.717) is 10.9 Å². The maximum Gasteiger partial charge on any atom is 0.229 e. The van der Waals surface area contributed by atoms with Gasteiger partial charge in [-0.2, -0.15) is 0 Å². The molecule has 0 amide bonds. The SMILES string of the molecule is CCCCn1c(Nc2cnc(N3CCCC3)cc2C)nc2c(Cl)ccc(C(CC)CC)c21.CS(=O)(=O)Cl. The molecule has 1 aliphatic heterocycles. The van der Waals surface area contributed by atoms with Crippen molar-refractivity contribution in [2.24, 2.45) is 0 Å². The highest BCUT2D eigenvalue weighted by molar-refractivity contribution is 8.13. The smallest absolute Gasteiger partial charge is 0.229 e. The van der Waals surface area contributed by atoms with Crippen molar-refractivity contribution in [1.82, 2.24) is 14.5 Å². The second-order valence-electron chi connectivity index (χ2n) is 9.65. The lowest BCUT2D eigenvalue weighted by Crippen LogP contribution is -2.19. The summed E-state index contributed by atoms with van der Waals surface area (Å²) in [6, 6.07) is 6.40. The van der Waals surface area contributed by atoms with E-state index in [0.717, 1.165) is 74.5 Å². The van der Waals surface area contributed by atoms with Gasteiger partial charge in [0.15, 0.2) is 0 Å². The van der Waals surface area contributed by atoms with Gasteiger partial charge in [0.25, 0.3) is 0 Å². The van der Waals surface area contributed by atoms with Crippen LogP contribution >= 0.6 is 22.3 Å². The van der Waals surface area contributed by atoms with Gasteiger partial charge in [0, 0.05) is 30.3 Å².